The van der Waals surface area contributed by atoms with E-state index in [-0.39, 0.29) is 55.5 Å². The number of hydrogen-bond donors (Lipinski definition) is 1. The highest BCUT2D eigenvalue weighted by molar-refractivity contribution is 5.76. The largest absolute Gasteiger partial charge is 0.513 e. The first-order valence-corrected chi connectivity index (χ1v) is 12.8. The number of hydrogen-bond acceptors (Lipinski definition) is 11. The molecule has 0 amide bonds. The van der Waals surface area contributed by atoms with Crippen LogP contribution in [0, 0.1) is 11.8 Å². The molecule has 2 N–H and O–H groups in total. The molecule has 0 heterocycles. The number of carbonyl (C=O) groups excluding carboxylic acids is 4. The Morgan fingerprint density at radius 1 is 0.816 bits per heavy atom. The predicted octanol–water partition coefficient (Wildman–Crippen LogP) is 4.56. The number of nitrogens with two attached hydrogens (primary N) is 1. The van der Waals surface area contributed by atoms with Crippen LogP contribution in [0.15, 0.2) is 18.2 Å². The van der Waals surface area contributed by atoms with Gasteiger partial charge in [-0.15, -0.1) is 0 Å². The summed E-state index contributed by atoms with van der Waals surface area (Å²) in [5, 5.41) is 0. The Morgan fingerprint density at radius 2 is 1.39 bits per heavy atom. The van der Waals surface area contributed by atoms with E-state index in [1.807, 2.05) is 34.6 Å². The summed E-state index contributed by atoms with van der Waals surface area (Å²) in [6, 6.07) is 3.31. The van der Waals surface area contributed by atoms with Gasteiger partial charge in [-0.2, -0.15) is 0 Å². The molecule has 0 bridgehead atoms. The fraction of sp³-hybridized carbons (Fsp3) is 0.630. The maximum Gasteiger partial charge on any atom is 0.513 e. The molecule has 11 nitrogen and oxygen atoms in total. The van der Waals surface area contributed by atoms with Crippen LogP contribution in [0.5, 0.6) is 11.5 Å². The summed E-state index contributed by atoms with van der Waals surface area (Å²) in [4.78, 5) is 48.3. The summed E-state index contributed by atoms with van der Waals surface area (Å²) in [5.74, 6) is -1.04. The Hall–Kier alpha value is -3.34. The SMILES string of the molecule is CCCCC(=O)OC[C@H](C)OC(=O)[C@@H](N)Cc1ccc(OC(=O)OCC(C)C)c(OC(=O)OCC(C)C)c1. The fourth-order valence-electron chi connectivity index (χ4n) is 2.81. The third kappa shape index (κ3) is 13.8. The van der Waals surface area contributed by atoms with Crippen molar-refractivity contribution < 1.29 is 47.6 Å². The molecule has 0 spiro atoms. The van der Waals surface area contributed by atoms with E-state index in [1.165, 1.54) is 12.1 Å². The Bertz CT molecular complexity index is 915. The van der Waals surface area contributed by atoms with Crippen LogP contribution in [0.3, 0.4) is 0 Å². The van der Waals surface area contributed by atoms with Crippen molar-refractivity contribution in [3.63, 3.8) is 0 Å². The molecule has 11 heteroatoms. The first-order valence-electron chi connectivity index (χ1n) is 12.8. The zero-order chi connectivity index (χ0) is 28.7. The lowest BCUT2D eigenvalue weighted by molar-refractivity contribution is -0.159. The summed E-state index contributed by atoms with van der Waals surface area (Å²) in [6.45, 7) is 11.2. The molecule has 38 heavy (non-hydrogen) atoms. The number of benzene rings is 1. The van der Waals surface area contributed by atoms with E-state index in [9.17, 15) is 19.2 Å². The van der Waals surface area contributed by atoms with Crippen LogP contribution < -0.4 is 15.2 Å². The van der Waals surface area contributed by atoms with Gasteiger partial charge < -0.3 is 34.2 Å². The van der Waals surface area contributed by atoms with Gasteiger partial charge in [-0.25, -0.2) is 9.59 Å². The first kappa shape index (κ1) is 32.7. The van der Waals surface area contributed by atoms with Crippen LogP contribution in [-0.4, -0.2) is 56.2 Å². The van der Waals surface area contributed by atoms with Crippen LogP contribution in [-0.2, 0) is 35.0 Å². The molecule has 0 aliphatic rings. The van der Waals surface area contributed by atoms with Gasteiger partial charge in [0.15, 0.2) is 11.5 Å². The molecule has 1 aromatic rings. The minimum Gasteiger partial charge on any atom is -0.462 e. The normalized spacial score (nSPS) is 12.4. The van der Waals surface area contributed by atoms with Gasteiger partial charge in [-0.05, 0) is 49.3 Å². The second kappa shape index (κ2) is 17.2. The molecule has 0 saturated carbocycles. The van der Waals surface area contributed by atoms with Crippen molar-refractivity contribution >= 4 is 24.2 Å². The maximum absolute atomic E-state index is 12.4. The molecule has 1 rings (SSSR count). The highest BCUT2D eigenvalue weighted by Crippen LogP contribution is 2.30. The molecule has 0 saturated heterocycles. The topological polar surface area (TPSA) is 150 Å². The van der Waals surface area contributed by atoms with E-state index in [2.05, 4.69) is 0 Å². The van der Waals surface area contributed by atoms with E-state index in [0.717, 1.165) is 12.8 Å². The number of esters is 2. The summed E-state index contributed by atoms with van der Waals surface area (Å²) >= 11 is 0. The third-order valence-corrected chi connectivity index (χ3v) is 4.75. The van der Waals surface area contributed by atoms with Crippen molar-refractivity contribution in [2.45, 2.75) is 79.4 Å². The Morgan fingerprint density at radius 3 is 1.95 bits per heavy atom. The Kier molecular flexibility index (Phi) is 14.8. The lowest BCUT2D eigenvalue weighted by atomic mass is 10.1. The van der Waals surface area contributed by atoms with Crippen molar-refractivity contribution in [2.24, 2.45) is 17.6 Å². The van der Waals surface area contributed by atoms with E-state index in [0.29, 0.717) is 12.0 Å². The van der Waals surface area contributed by atoms with Gasteiger partial charge in [0, 0.05) is 6.42 Å². The molecular formula is C27H41NO10. The molecule has 214 valence electrons. The Balaban J connectivity index is 2.85. The van der Waals surface area contributed by atoms with Gasteiger partial charge in [-0.1, -0.05) is 47.1 Å². The summed E-state index contributed by atoms with van der Waals surface area (Å²) < 4.78 is 30.9. The lowest BCUT2D eigenvalue weighted by Gasteiger charge is -2.18. The number of carbonyl (C=O) groups is 4. The van der Waals surface area contributed by atoms with Gasteiger partial charge in [0.05, 0.1) is 13.2 Å². The number of rotatable bonds is 15. The fourth-order valence-corrected chi connectivity index (χ4v) is 2.81. The smallest absolute Gasteiger partial charge is 0.462 e. The average molecular weight is 540 g/mol. The molecule has 0 fully saturated rings. The van der Waals surface area contributed by atoms with E-state index in [1.54, 1.807) is 13.0 Å². The molecular weight excluding hydrogens is 498 g/mol. The molecule has 0 aliphatic heterocycles. The van der Waals surface area contributed by atoms with Crippen molar-refractivity contribution in [2.75, 3.05) is 19.8 Å². The van der Waals surface area contributed by atoms with Crippen molar-refractivity contribution in [3.05, 3.63) is 23.8 Å². The first-order chi connectivity index (χ1) is 17.9. The third-order valence-electron chi connectivity index (χ3n) is 4.75. The Labute approximate surface area is 224 Å². The minimum atomic E-state index is -1.06. The second-order valence-electron chi connectivity index (χ2n) is 9.74. The molecule has 2 atom stereocenters. The number of ether oxygens (including phenoxy) is 6. The highest BCUT2D eigenvalue weighted by atomic mass is 16.7. The van der Waals surface area contributed by atoms with Crippen molar-refractivity contribution in [3.8, 4) is 11.5 Å². The minimum absolute atomic E-state index is 0.0251. The monoisotopic (exact) mass is 539 g/mol. The molecule has 0 aromatic heterocycles. The van der Waals surface area contributed by atoms with E-state index >= 15 is 0 Å². The molecule has 0 radical (unpaired) electrons. The zero-order valence-corrected chi connectivity index (χ0v) is 23.2. The second-order valence-corrected chi connectivity index (χ2v) is 9.74. The highest BCUT2D eigenvalue weighted by Gasteiger charge is 2.22. The van der Waals surface area contributed by atoms with Gasteiger partial charge >= 0.3 is 24.2 Å². The average Bonchev–Trinajstić information content (AvgIpc) is 2.85. The zero-order valence-electron chi connectivity index (χ0n) is 23.2. The van der Waals surface area contributed by atoms with E-state index in [4.69, 9.17) is 34.2 Å². The predicted molar refractivity (Wildman–Crippen MR) is 138 cm³/mol. The van der Waals surface area contributed by atoms with Crippen LogP contribution in [0.1, 0.15) is 66.4 Å². The van der Waals surface area contributed by atoms with Crippen molar-refractivity contribution in [1.29, 1.82) is 0 Å². The molecule has 0 aliphatic carbocycles. The molecule has 1 aromatic carbocycles. The summed E-state index contributed by atoms with van der Waals surface area (Å²) in [5.41, 5.74) is 6.52. The van der Waals surface area contributed by atoms with Gasteiger partial charge in [-0.3, -0.25) is 9.59 Å². The van der Waals surface area contributed by atoms with Gasteiger partial charge in [0.1, 0.15) is 18.8 Å². The van der Waals surface area contributed by atoms with E-state index < -0.39 is 30.4 Å². The lowest BCUT2D eigenvalue weighted by Crippen LogP contribution is -2.37. The quantitative estimate of drug-likeness (QED) is 0.190. The van der Waals surface area contributed by atoms with Crippen molar-refractivity contribution in [1.82, 2.24) is 0 Å². The molecule has 0 unspecified atom stereocenters. The van der Waals surface area contributed by atoms with Gasteiger partial charge in [0.2, 0.25) is 0 Å². The van der Waals surface area contributed by atoms with Crippen LogP contribution in [0.4, 0.5) is 9.59 Å². The van der Waals surface area contributed by atoms with Crippen LogP contribution >= 0.6 is 0 Å². The summed E-state index contributed by atoms with van der Waals surface area (Å²) in [7, 11) is 0. The number of unbranched alkanes of at least 4 members (excludes halogenated alkanes) is 1. The maximum atomic E-state index is 12.4. The standard InChI is InChI=1S/C27H41NO10/c1-7-8-9-24(29)33-16-19(6)36-25(30)21(28)12-20-10-11-22(37-26(31)34-14-17(2)3)23(13-20)38-27(32)35-15-18(4)5/h10-11,13,17-19,21H,7-9,12,14-16,28H2,1-6H3/t19-,21-/m0/s1. The van der Waals surface area contributed by atoms with Gasteiger partial charge in [0.25, 0.3) is 0 Å². The van der Waals surface area contributed by atoms with Crippen LogP contribution in [0.2, 0.25) is 0 Å². The van der Waals surface area contributed by atoms with Crippen LogP contribution in [0.25, 0.3) is 0 Å². The summed E-state index contributed by atoms with van der Waals surface area (Å²) in [6.07, 6.45) is -0.698.